The van der Waals surface area contributed by atoms with Gasteiger partial charge in [-0.05, 0) is 19.1 Å². The molecule has 0 saturated heterocycles. The van der Waals surface area contributed by atoms with Gasteiger partial charge in [0.2, 0.25) is 0 Å². The summed E-state index contributed by atoms with van der Waals surface area (Å²) in [6, 6.07) is 2.90. The van der Waals surface area contributed by atoms with Gasteiger partial charge in [-0.25, -0.2) is 13.2 Å². The Morgan fingerprint density at radius 2 is 2.00 bits per heavy atom. The van der Waals surface area contributed by atoms with Crippen molar-refractivity contribution < 1.29 is 18.3 Å². The van der Waals surface area contributed by atoms with Crippen LogP contribution in [0.15, 0.2) is 18.2 Å². The second kappa shape index (κ2) is 3.79. The lowest BCUT2D eigenvalue weighted by molar-refractivity contribution is -0.0882. The number of hydrogen-bond donors (Lipinski definition) is 1. The largest absolute Gasteiger partial charge is 0.379 e. The summed E-state index contributed by atoms with van der Waals surface area (Å²) in [5, 5.41) is 9.17. The van der Waals surface area contributed by atoms with E-state index in [-0.39, 0.29) is 10.6 Å². The molecule has 1 atom stereocenters. The van der Waals surface area contributed by atoms with E-state index in [1.54, 1.807) is 0 Å². The number of halogens is 4. The molecule has 0 amide bonds. The van der Waals surface area contributed by atoms with Crippen LogP contribution in [0.4, 0.5) is 13.2 Å². The summed E-state index contributed by atoms with van der Waals surface area (Å²) in [7, 11) is 0. The fourth-order valence-electron chi connectivity index (χ4n) is 1.02. The molecule has 0 saturated carbocycles. The van der Waals surface area contributed by atoms with E-state index in [4.69, 9.17) is 11.6 Å². The van der Waals surface area contributed by atoms with Crippen LogP contribution >= 0.6 is 11.6 Å². The normalized spacial score (nSPS) is 15.6. The molecule has 1 aromatic carbocycles. The van der Waals surface area contributed by atoms with Gasteiger partial charge in [-0.15, -0.1) is 0 Å². The van der Waals surface area contributed by atoms with Crippen molar-refractivity contribution in [2.75, 3.05) is 0 Å². The maximum Gasteiger partial charge on any atom is 0.270 e. The Morgan fingerprint density at radius 3 is 2.43 bits per heavy atom. The zero-order chi connectivity index (χ0) is 10.9. The third-order valence-electron chi connectivity index (χ3n) is 1.90. The summed E-state index contributed by atoms with van der Waals surface area (Å²) in [5.74, 6) is -0.635. The van der Waals surface area contributed by atoms with E-state index in [9.17, 15) is 18.3 Å². The van der Waals surface area contributed by atoms with Crippen LogP contribution < -0.4 is 0 Å². The quantitative estimate of drug-likeness (QED) is 0.819. The molecule has 1 unspecified atom stereocenters. The van der Waals surface area contributed by atoms with Gasteiger partial charge in [0.25, 0.3) is 6.43 Å². The molecular formula is C9H8ClF3O. The Hall–Kier alpha value is -0.740. The van der Waals surface area contributed by atoms with Gasteiger partial charge in [0.1, 0.15) is 11.4 Å². The van der Waals surface area contributed by atoms with Crippen molar-refractivity contribution in [3.63, 3.8) is 0 Å². The molecule has 0 aliphatic rings. The van der Waals surface area contributed by atoms with Crippen molar-refractivity contribution in [1.29, 1.82) is 0 Å². The molecule has 0 radical (unpaired) electrons. The van der Waals surface area contributed by atoms with Gasteiger partial charge in [0.15, 0.2) is 0 Å². The topological polar surface area (TPSA) is 20.2 Å². The minimum absolute atomic E-state index is 0.185. The number of aliphatic hydroxyl groups is 1. The molecule has 78 valence electrons. The predicted octanol–water partition coefficient (Wildman–Crippen LogP) is 2.95. The van der Waals surface area contributed by atoms with E-state index >= 15 is 0 Å². The van der Waals surface area contributed by atoms with Crippen molar-refractivity contribution >= 4 is 11.6 Å². The predicted molar refractivity (Wildman–Crippen MR) is 47.0 cm³/mol. The van der Waals surface area contributed by atoms with E-state index in [0.717, 1.165) is 25.1 Å². The van der Waals surface area contributed by atoms with E-state index in [0.29, 0.717) is 0 Å². The summed E-state index contributed by atoms with van der Waals surface area (Å²) >= 11 is 5.52. The van der Waals surface area contributed by atoms with Gasteiger partial charge in [0, 0.05) is 10.6 Å². The molecule has 0 aromatic heterocycles. The number of rotatable bonds is 2. The highest BCUT2D eigenvalue weighted by atomic mass is 35.5. The number of alkyl halides is 2. The Bertz CT molecular complexity index is 339. The fraction of sp³-hybridized carbons (Fsp3) is 0.333. The summed E-state index contributed by atoms with van der Waals surface area (Å²) in [6.45, 7) is 0.927. The Labute approximate surface area is 84.1 Å². The first-order valence-corrected chi connectivity index (χ1v) is 4.19. The summed E-state index contributed by atoms with van der Waals surface area (Å²) < 4.78 is 37.3. The van der Waals surface area contributed by atoms with Gasteiger partial charge in [-0.3, -0.25) is 0 Å². The lowest BCUT2D eigenvalue weighted by Gasteiger charge is -2.23. The van der Waals surface area contributed by atoms with Crippen LogP contribution in [0, 0.1) is 5.82 Å². The van der Waals surface area contributed by atoms with Crippen molar-refractivity contribution in [1.82, 2.24) is 0 Å². The molecule has 0 bridgehead atoms. The molecule has 1 nitrogen and oxygen atoms in total. The van der Waals surface area contributed by atoms with Gasteiger partial charge in [0.05, 0.1) is 0 Å². The van der Waals surface area contributed by atoms with Crippen LogP contribution in [0.2, 0.25) is 5.02 Å². The van der Waals surface area contributed by atoms with Crippen LogP contribution in [-0.2, 0) is 5.60 Å². The molecule has 1 rings (SSSR count). The van der Waals surface area contributed by atoms with Gasteiger partial charge < -0.3 is 5.11 Å². The molecule has 0 fully saturated rings. The molecule has 5 heteroatoms. The van der Waals surface area contributed by atoms with Gasteiger partial charge in [-0.2, -0.15) is 0 Å². The highest BCUT2D eigenvalue weighted by Gasteiger charge is 2.36. The maximum atomic E-state index is 12.6. The Morgan fingerprint density at radius 1 is 1.43 bits per heavy atom. The first kappa shape index (κ1) is 11.3. The first-order valence-electron chi connectivity index (χ1n) is 3.81. The summed E-state index contributed by atoms with van der Waals surface area (Å²) in [4.78, 5) is 0. The SMILES string of the molecule is CC(O)(c1ccc(F)cc1Cl)C(F)F. The first-order chi connectivity index (χ1) is 6.35. The molecule has 0 heterocycles. The van der Waals surface area contributed by atoms with Crippen LogP contribution in [0.1, 0.15) is 12.5 Å². The highest BCUT2D eigenvalue weighted by Crippen LogP contribution is 2.33. The average molecular weight is 225 g/mol. The standard InChI is InChI=1S/C9H8ClF3O/c1-9(14,8(12)13)6-3-2-5(11)4-7(6)10/h2-4,8,14H,1H3. The molecule has 1 aromatic rings. The van der Waals surface area contributed by atoms with Crippen molar-refractivity contribution in [3.8, 4) is 0 Å². The second-order valence-electron chi connectivity index (χ2n) is 3.07. The number of hydrogen-bond acceptors (Lipinski definition) is 1. The average Bonchev–Trinajstić information content (AvgIpc) is 2.02. The van der Waals surface area contributed by atoms with E-state index in [2.05, 4.69) is 0 Å². The Kier molecular flexibility index (Phi) is 3.07. The molecule has 0 aliphatic carbocycles. The Balaban J connectivity index is 3.19. The van der Waals surface area contributed by atoms with Crippen LogP contribution in [0.25, 0.3) is 0 Å². The van der Waals surface area contributed by atoms with Crippen LogP contribution in [-0.4, -0.2) is 11.5 Å². The van der Waals surface area contributed by atoms with E-state index in [1.165, 1.54) is 0 Å². The zero-order valence-electron chi connectivity index (χ0n) is 7.27. The molecule has 0 spiro atoms. The minimum atomic E-state index is -2.98. The van der Waals surface area contributed by atoms with E-state index in [1.807, 2.05) is 0 Å². The zero-order valence-corrected chi connectivity index (χ0v) is 8.02. The molecular weight excluding hydrogens is 217 g/mol. The van der Waals surface area contributed by atoms with E-state index < -0.39 is 17.8 Å². The smallest absolute Gasteiger partial charge is 0.270 e. The fourth-order valence-corrected chi connectivity index (χ4v) is 1.38. The third-order valence-corrected chi connectivity index (χ3v) is 2.21. The number of benzene rings is 1. The van der Waals surface area contributed by atoms with Gasteiger partial charge in [-0.1, -0.05) is 17.7 Å². The maximum absolute atomic E-state index is 12.6. The van der Waals surface area contributed by atoms with Crippen LogP contribution in [0.5, 0.6) is 0 Å². The summed E-state index contributed by atoms with van der Waals surface area (Å²) in [6.07, 6.45) is -2.98. The lowest BCUT2D eigenvalue weighted by Crippen LogP contribution is -2.30. The molecule has 0 aliphatic heterocycles. The molecule has 1 N–H and O–H groups in total. The highest BCUT2D eigenvalue weighted by molar-refractivity contribution is 6.31. The second-order valence-corrected chi connectivity index (χ2v) is 3.48. The van der Waals surface area contributed by atoms with Crippen molar-refractivity contribution in [2.24, 2.45) is 0 Å². The monoisotopic (exact) mass is 224 g/mol. The van der Waals surface area contributed by atoms with Crippen LogP contribution in [0.3, 0.4) is 0 Å². The van der Waals surface area contributed by atoms with Gasteiger partial charge >= 0.3 is 0 Å². The summed E-state index contributed by atoms with van der Waals surface area (Å²) in [5.41, 5.74) is -2.54. The third kappa shape index (κ3) is 2.01. The molecule has 14 heavy (non-hydrogen) atoms. The minimum Gasteiger partial charge on any atom is -0.379 e. The van der Waals surface area contributed by atoms with Crippen molar-refractivity contribution in [2.45, 2.75) is 19.0 Å². The lowest BCUT2D eigenvalue weighted by atomic mass is 9.96. The van der Waals surface area contributed by atoms with Crippen molar-refractivity contribution in [3.05, 3.63) is 34.6 Å².